The Kier molecular flexibility index (Phi) is 2.98. The van der Waals surface area contributed by atoms with Crippen molar-refractivity contribution in [2.24, 2.45) is 11.7 Å². The Morgan fingerprint density at radius 2 is 2.20 bits per heavy atom. The van der Waals surface area contributed by atoms with Crippen molar-refractivity contribution in [1.82, 2.24) is 5.32 Å². The highest BCUT2D eigenvalue weighted by Crippen LogP contribution is 2.26. The molecule has 1 aliphatic rings. The first-order chi connectivity index (χ1) is 7.18. The second kappa shape index (κ2) is 4.24. The van der Waals surface area contributed by atoms with Gasteiger partial charge in [-0.05, 0) is 31.5 Å². The molecular weight excluding hydrogens is 198 g/mol. The normalized spacial score (nSPS) is 23.0. The van der Waals surface area contributed by atoms with Gasteiger partial charge in [0.15, 0.2) is 0 Å². The second-order valence-corrected chi connectivity index (χ2v) is 3.94. The van der Waals surface area contributed by atoms with Gasteiger partial charge in [0, 0.05) is 17.7 Å². The number of nitrogens with two attached hydrogens (primary N) is 1. The van der Waals surface area contributed by atoms with Crippen LogP contribution in [0.15, 0.2) is 18.2 Å². The lowest BCUT2D eigenvalue weighted by atomic mass is 9.93. The monoisotopic (exact) mass is 212 g/mol. The second-order valence-electron chi connectivity index (χ2n) is 3.94. The Hall–Kier alpha value is -1.00. The number of halogens is 2. The largest absolute Gasteiger partial charge is 0.324 e. The van der Waals surface area contributed by atoms with Crippen LogP contribution in [0.5, 0.6) is 0 Å². The van der Waals surface area contributed by atoms with Crippen LogP contribution in [-0.4, -0.2) is 13.1 Å². The van der Waals surface area contributed by atoms with Gasteiger partial charge in [0.2, 0.25) is 0 Å². The first-order valence-electron chi connectivity index (χ1n) is 5.09. The molecule has 1 aromatic carbocycles. The van der Waals surface area contributed by atoms with Gasteiger partial charge < -0.3 is 11.1 Å². The highest BCUT2D eigenvalue weighted by Gasteiger charge is 2.25. The van der Waals surface area contributed by atoms with Crippen LogP contribution >= 0.6 is 0 Å². The molecule has 2 unspecified atom stereocenters. The Labute approximate surface area is 87.5 Å². The molecule has 0 aliphatic carbocycles. The maximum absolute atomic E-state index is 13.4. The minimum Gasteiger partial charge on any atom is -0.324 e. The molecule has 2 atom stereocenters. The molecule has 2 nitrogen and oxygen atoms in total. The summed E-state index contributed by atoms with van der Waals surface area (Å²) < 4.78 is 26.1. The predicted molar refractivity (Wildman–Crippen MR) is 54.3 cm³/mol. The van der Waals surface area contributed by atoms with Crippen molar-refractivity contribution in [2.75, 3.05) is 13.1 Å². The summed E-state index contributed by atoms with van der Waals surface area (Å²) in [7, 11) is 0. The zero-order valence-electron chi connectivity index (χ0n) is 8.34. The van der Waals surface area contributed by atoms with Crippen LogP contribution in [0.25, 0.3) is 0 Å². The van der Waals surface area contributed by atoms with Gasteiger partial charge in [-0.25, -0.2) is 8.78 Å². The van der Waals surface area contributed by atoms with E-state index in [4.69, 9.17) is 5.73 Å². The lowest BCUT2D eigenvalue weighted by Crippen LogP contribution is -2.24. The minimum atomic E-state index is -0.562. The molecule has 82 valence electrons. The molecule has 0 bridgehead atoms. The molecule has 1 aromatic rings. The molecule has 15 heavy (non-hydrogen) atoms. The van der Waals surface area contributed by atoms with Crippen molar-refractivity contribution in [3.8, 4) is 0 Å². The van der Waals surface area contributed by atoms with Crippen LogP contribution in [0, 0.1) is 17.6 Å². The van der Waals surface area contributed by atoms with E-state index in [1.807, 2.05) is 0 Å². The van der Waals surface area contributed by atoms with Crippen LogP contribution in [0.4, 0.5) is 8.78 Å². The van der Waals surface area contributed by atoms with E-state index in [0.29, 0.717) is 5.56 Å². The van der Waals surface area contributed by atoms with Crippen LogP contribution < -0.4 is 11.1 Å². The molecule has 1 heterocycles. The summed E-state index contributed by atoms with van der Waals surface area (Å²) in [4.78, 5) is 0. The van der Waals surface area contributed by atoms with Crippen LogP contribution in [-0.2, 0) is 0 Å². The van der Waals surface area contributed by atoms with Crippen molar-refractivity contribution < 1.29 is 8.78 Å². The lowest BCUT2D eigenvalue weighted by Gasteiger charge is -2.19. The highest BCUT2D eigenvalue weighted by molar-refractivity contribution is 5.22. The molecular formula is C11H14F2N2. The van der Waals surface area contributed by atoms with E-state index in [-0.39, 0.29) is 12.0 Å². The third-order valence-electron chi connectivity index (χ3n) is 2.93. The average molecular weight is 212 g/mol. The zero-order valence-corrected chi connectivity index (χ0v) is 8.34. The summed E-state index contributed by atoms with van der Waals surface area (Å²) in [5.74, 6) is -0.868. The molecule has 0 radical (unpaired) electrons. The molecule has 4 heteroatoms. The van der Waals surface area contributed by atoms with E-state index in [1.165, 1.54) is 12.1 Å². The molecule has 1 aliphatic heterocycles. The number of hydrogen-bond donors (Lipinski definition) is 2. The van der Waals surface area contributed by atoms with E-state index in [1.54, 1.807) is 0 Å². The Morgan fingerprint density at radius 3 is 2.80 bits per heavy atom. The first kappa shape index (κ1) is 10.5. The molecule has 1 saturated heterocycles. The third kappa shape index (κ3) is 2.16. The third-order valence-corrected chi connectivity index (χ3v) is 2.93. The minimum absolute atomic E-state index is 0.241. The summed E-state index contributed by atoms with van der Waals surface area (Å²) in [6, 6.07) is 3.23. The summed E-state index contributed by atoms with van der Waals surface area (Å²) in [5.41, 5.74) is 6.36. The number of benzene rings is 1. The van der Waals surface area contributed by atoms with E-state index < -0.39 is 11.6 Å². The average Bonchev–Trinajstić information content (AvgIpc) is 2.69. The highest BCUT2D eigenvalue weighted by atomic mass is 19.1. The van der Waals surface area contributed by atoms with Gasteiger partial charge in [-0.3, -0.25) is 0 Å². The van der Waals surface area contributed by atoms with Gasteiger partial charge in [-0.2, -0.15) is 0 Å². The fourth-order valence-corrected chi connectivity index (χ4v) is 2.01. The van der Waals surface area contributed by atoms with Crippen molar-refractivity contribution in [2.45, 2.75) is 12.5 Å². The van der Waals surface area contributed by atoms with Gasteiger partial charge >= 0.3 is 0 Å². The van der Waals surface area contributed by atoms with Crippen molar-refractivity contribution in [1.29, 1.82) is 0 Å². The lowest BCUT2D eigenvalue weighted by molar-refractivity contribution is 0.448. The predicted octanol–water partition coefficient (Wildman–Crippen LogP) is 1.57. The van der Waals surface area contributed by atoms with Crippen molar-refractivity contribution in [3.63, 3.8) is 0 Å². The number of nitrogens with one attached hydrogen (secondary N) is 1. The summed E-state index contributed by atoms with van der Waals surface area (Å²) in [6.07, 6.45) is 0.942. The SMILES string of the molecule is NC(c1ccc(F)cc1F)C1CCNC1. The fourth-order valence-electron chi connectivity index (χ4n) is 2.01. The topological polar surface area (TPSA) is 38.0 Å². The maximum Gasteiger partial charge on any atom is 0.130 e. The van der Waals surface area contributed by atoms with Gasteiger partial charge in [-0.15, -0.1) is 0 Å². The first-order valence-corrected chi connectivity index (χ1v) is 5.09. The number of rotatable bonds is 2. The summed E-state index contributed by atoms with van der Waals surface area (Å²) in [6.45, 7) is 1.72. The molecule has 2 rings (SSSR count). The molecule has 3 N–H and O–H groups in total. The van der Waals surface area contributed by atoms with Gasteiger partial charge in [0.1, 0.15) is 11.6 Å². The summed E-state index contributed by atoms with van der Waals surface area (Å²) >= 11 is 0. The van der Waals surface area contributed by atoms with E-state index >= 15 is 0 Å². The van der Waals surface area contributed by atoms with Gasteiger partial charge in [-0.1, -0.05) is 6.07 Å². The van der Waals surface area contributed by atoms with Crippen LogP contribution in [0.1, 0.15) is 18.0 Å². The summed E-state index contributed by atoms with van der Waals surface area (Å²) in [5, 5.41) is 3.18. The molecule has 1 fully saturated rings. The zero-order chi connectivity index (χ0) is 10.8. The van der Waals surface area contributed by atoms with E-state index in [0.717, 1.165) is 25.6 Å². The molecule has 0 saturated carbocycles. The van der Waals surface area contributed by atoms with Crippen molar-refractivity contribution in [3.05, 3.63) is 35.4 Å². The van der Waals surface area contributed by atoms with Gasteiger partial charge in [0.05, 0.1) is 0 Å². The quantitative estimate of drug-likeness (QED) is 0.781. The number of hydrogen-bond acceptors (Lipinski definition) is 2. The molecule has 0 spiro atoms. The van der Waals surface area contributed by atoms with E-state index in [9.17, 15) is 8.78 Å². The van der Waals surface area contributed by atoms with Crippen LogP contribution in [0.3, 0.4) is 0 Å². The van der Waals surface area contributed by atoms with Crippen LogP contribution in [0.2, 0.25) is 0 Å². The molecule has 0 amide bonds. The fraction of sp³-hybridized carbons (Fsp3) is 0.455. The Morgan fingerprint density at radius 1 is 1.40 bits per heavy atom. The van der Waals surface area contributed by atoms with Crippen molar-refractivity contribution >= 4 is 0 Å². The maximum atomic E-state index is 13.4. The Balaban J connectivity index is 2.20. The smallest absolute Gasteiger partial charge is 0.130 e. The standard InChI is InChI=1S/C11H14F2N2/c12-8-1-2-9(10(13)5-8)11(14)7-3-4-15-6-7/h1-2,5,7,11,15H,3-4,6,14H2. The molecule has 0 aromatic heterocycles. The van der Waals surface area contributed by atoms with Gasteiger partial charge in [0.25, 0.3) is 0 Å². The Bertz CT molecular complexity index is 348. The van der Waals surface area contributed by atoms with E-state index in [2.05, 4.69) is 5.32 Å².